The van der Waals surface area contributed by atoms with E-state index in [9.17, 15) is 18.0 Å². The van der Waals surface area contributed by atoms with Gasteiger partial charge in [0, 0.05) is 17.3 Å². The molecule has 11 heteroatoms. The number of rotatable bonds is 5. The van der Waals surface area contributed by atoms with Crippen LogP contribution in [0.15, 0.2) is 67.1 Å². The van der Waals surface area contributed by atoms with Gasteiger partial charge in [-0.1, -0.05) is 11.6 Å². The summed E-state index contributed by atoms with van der Waals surface area (Å²) in [5, 5.41) is 7.35. The molecule has 4 rings (SSSR count). The molecule has 0 unspecified atom stereocenters. The zero-order valence-electron chi connectivity index (χ0n) is 17.0. The number of carbonyl (C=O) groups is 1. The molecule has 0 radical (unpaired) electrons. The minimum absolute atomic E-state index is 0.157. The summed E-state index contributed by atoms with van der Waals surface area (Å²) in [7, 11) is 0. The van der Waals surface area contributed by atoms with Crippen molar-refractivity contribution in [1.29, 1.82) is 0 Å². The molecule has 1 aromatic carbocycles. The Kier molecular flexibility index (Phi) is 6.01. The van der Waals surface area contributed by atoms with E-state index in [0.717, 1.165) is 12.3 Å². The quantitative estimate of drug-likeness (QED) is 0.403. The molecule has 3 aromatic heterocycles. The van der Waals surface area contributed by atoms with E-state index in [0.29, 0.717) is 28.0 Å². The number of nitrogens with one attached hydrogen (secondary N) is 1. The van der Waals surface area contributed by atoms with Crippen LogP contribution in [0.4, 0.5) is 18.9 Å². The van der Waals surface area contributed by atoms with E-state index < -0.39 is 17.6 Å². The highest BCUT2D eigenvalue weighted by Gasteiger charge is 2.30. The van der Waals surface area contributed by atoms with E-state index in [4.69, 9.17) is 16.3 Å². The highest BCUT2D eigenvalue weighted by molar-refractivity contribution is 6.30. The van der Waals surface area contributed by atoms with Crippen molar-refractivity contribution in [3.8, 4) is 17.4 Å². The standard InChI is InChI=1S/C22H15ClF3N5O2/c1-13-18(12-29-31(13)19-8-2-14(10-27-19)22(24,25)26)21(32)30-16-5-9-20(28-11-16)33-17-6-3-15(23)4-7-17/h2-12H,1H3,(H,30,32). The normalized spacial score (nSPS) is 11.3. The number of benzene rings is 1. The molecule has 0 bridgehead atoms. The molecule has 0 spiro atoms. The number of carbonyl (C=O) groups excluding carboxylic acids is 1. The van der Waals surface area contributed by atoms with Gasteiger partial charge in [0.15, 0.2) is 5.82 Å². The van der Waals surface area contributed by atoms with Gasteiger partial charge in [-0.15, -0.1) is 0 Å². The van der Waals surface area contributed by atoms with Crippen LogP contribution in [0.1, 0.15) is 21.6 Å². The maximum Gasteiger partial charge on any atom is 0.417 e. The van der Waals surface area contributed by atoms with Crippen LogP contribution in [0, 0.1) is 6.92 Å². The van der Waals surface area contributed by atoms with Crippen LogP contribution in [0.5, 0.6) is 11.6 Å². The Morgan fingerprint density at radius 2 is 1.76 bits per heavy atom. The first-order chi connectivity index (χ1) is 15.7. The van der Waals surface area contributed by atoms with Gasteiger partial charge in [0.2, 0.25) is 5.88 Å². The Morgan fingerprint density at radius 3 is 2.36 bits per heavy atom. The lowest BCUT2D eigenvalue weighted by atomic mass is 10.2. The number of halogens is 4. The largest absolute Gasteiger partial charge is 0.439 e. The number of alkyl halides is 3. The fourth-order valence-corrected chi connectivity index (χ4v) is 3.00. The monoisotopic (exact) mass is 473 g/mol. The van der Waals surface area contributed by atoms with Gasteiger partial charge >= 0.3 is 6.18 Å². The summed E-state index contributed by atoms with van der Waals surface area (Å²) in [5.41, 5.74) is 0.196. The predicted octanol–water partition coefficient (Wildman–Crippen LogP) is 5.69. The van der Waals surface area contributed by atoms with E-state index in [-0.39, 0.29) is 11.4 Å². The Hall–Kier alpha value is -3.92. The van der Waals surface area contributed by atoms with E-state index in [1.165, 1.54) is 23.1 Å². The molecule has 3 heterocycles. The minimum atomic E-state index is -4.49. The Bertz CT molecular complexity index is 1270. The fourth-order valence-electron chi connectivity index (χ4n) is 2.88. The van der Waals surface area contributed by atoms with Crippen LogP contribution >= 0.6 is 11.6 Å². The van der Waals surface area contributed by atoms with Crippen LogP contribution in [-0.2, 0) is 6.18 Å². The maximum absolute atomic E-state index is 12.7. The van der Waals surface area contributed by atoms with Crippen LogP contribution in [0.25, 0.3) is 5.82 Å². The summed E-state index contributed by atoms with van der Waals surface area (Å²) >= 11 is 5.84. The SMILES string of the molecule is Cc1c(C(=O)Nc2ccc(Oc3ccc(Cl)cc3)nc2)cnn1-c1ccc(C(F)(F)F)cn1. The predicted molar refractivity (Wildman–Crippen MR) is 115 cm³/mol. The van der Waals surface area contributed by atoms with Gasteiger partial charge < -0.3 is 10.1 Å². The molecule has 0 atom stereocenters. The summed E-state index contributed by atoms with van der Waals surface area (Å²) in [4.78, 5) is 20.6. The van der Waals surface area contributed by atoms with E-state index in [1.54, 1.807) is 43.3 Å². The van der Waals surface area contributed by atoms with Crippen molar-refractivity contribution in [2.75, 3.05) is 5.32 Å². The van der Waals surface area contributed by atoms with Crippen molar-refractivity contribution in [1.82, 2.24) is 19.7 Å². The van der Waals surface area contributed by atoms with Gasteiger partial charge in [-0.05, 0) is 49.4 Å². The second-order valence-electron chi connectivity index (χ2n) is 6.85. The van der Waals surface area contributed by atoms with Crippen molar-refractivity contribution in [2.45, 2.75) is 13.1 Å². The number of aromatic nitrogens is 4. The zero-order chi connectivity index (χ0) is 23.6. The molecule has 1 amide bonds. The first-order valence-electron chi connectivity index (χ1n) is 9.50. The molecule has 0 saturated heterocycles. The fraction of sp³-hybridized carbons (Fsp3) is 0.0909. The molecular formula is C22H15ClF3N5O2. The van der Waals surface area contributed by atoms with E-state index >= 15 is 0 Å². The minimum Gasteiger partial charge on any atom is -0.439 e. The van der Waals surface area contributed by atoms with Crippen molar-refractivity contribution >= 4 is 23.2 Å². The summed E-state index contributed by atoms with van der Waals surface area (Å²) in [6, 6.07) is 12.1. The Labute approximate surface area is 190 Å². The average molecular weight is 474 g/mol. The lowest BCUT2D eigenvalue weighted by Crippen LogP contribution is -2.13. The molecule has 0 aliphatic rings. The van der Waals surface area contributed by atoms with Gasteiger partial charge in [-0.2, -0.15) is 18.3 Å². The average Bonchev–Trinajstić information content (AvgIpc) is 3.17. The smallest absolute Gasteiger partial charge is 0.417 e. The number of hydrogen-bond acceptors (Lipinski definition) is 5. The van der Waals surface area contributed by atoms with Crippen molar-refractivity contribution < 1.29 is 22.7 Å². The topological polar surface area (TPSA) is 81.9 Å². The molecule has 0 aliphatic carbocycles. The highest BCUT2D eigenvalue weighted by Crippen LogP contribution is 2.29. The summed E-state index contributed by atoms with van der Waals surface area (Å²) in [5.74, 6) is 0.583. The third-order valence-corrected chi connectivity index (χ3v) is 4.83. The van der Waals surface area contributed by atoms with Crippen molar-refractivity contribution in [3.63, 3.8) is 0 Å². The molecule has 0 aliphatic heterocycles. The second kappa shape index (κ2) is 8.91. The number of nitrogens with zero attached hydrogens (tertiary/aromatic N) is 4. The van der Waals surface area contributed by atoms with Gasteiger partial charge in [0.05, 0.1) is 34.9 Å². The third kappa shape index (κ3) is 5.12. The van der Waals surface area contributed by atoms with Crippen LogP contribution in [0.3, 0.4) is 0 Å². The van der Waals surface area contributed by atoms with Gasteiger partial charge in [0.1, 0.15) is 5.75 Å². The molecule has 33 heavy (non-hydrogen) atoms. The van der Waals surface area contributed by atoms with Crippen LogP contribution in [-0.4, -0.2) is 25.7 Å². The van der Waals surface area contributed by atoms with Crippen LogP contribution in [0.2, 0.25) is 5.02 Å². The number of ether oxygens (including phenoxy) is 1. The lowest BCUT2D eigenvalue weighted by molar-refractivity contribution is -0.137. The molecule has 1 N–H and O–H groups in total. The Balaban J connectivity index is 1.44. The zero-order valence-corrected chi connectivity index (χ0v) is 17.7. The molecule has 7 nitrogen and oxygen atoms in total. The number of anilines is 1. The van der Waals surface area contributed by atoms with E-state index in [2.05, 4.69) is 20.4 Å². The van der Waals surface area contributed by atoms with Gasteiger partial charge in [-0.25, -0.2) is 14.6 Å². The Morgan fingerprint density at radius 1 is 1.00 bits per heavy atom. The number of amides is 1. The molecule has 4 aromatic rings. The summed E-state index contributed by atoms with van der Waals surface area (Å²) in [6.07, 6.45) is -1.02. The molecular weight excluding hydrogens is 459 g/mol. The lowest BCUT2D eigenvalue weighted by Gasteiger charge is -2.09. The van der Waals surface area contributed by atoms with Gasteiger partial charge in [0.25, 0.3) is 5.91 Å². The van der Waals surface area contributed by atoms with E-state index in [1.807, 2.05) is 0 Å². The molecule has 0 saturated carbocycles. The number of pyridine rings is 2. The van der Waals surface area contributed by atoms with Crippen LogP contribution < -0.4 is 10.1 Å². The third-order valence-electron chi connectivity index (χ3n) is 4.58. The first-order valence-corrected chi connectivity index (χ1v) is 9.87. The summed E-state index contributed by atoms with van der Waals surface area (Å²) < 4.78 is 45.1. The maximum atomic E-state index is 12.7. The molecule has 0 fully saturated rings. The van der Waals surface area contributed by atoms with Gasteiger partial charge in [-0.3, -0.25) is 4.79 Å². The van der Waals surface area contributed by atoms with Crippen molar-refractivity contribution in [2.24, 2.45) is 0 Å². The second-order valence-corrected chi connectivity index (χ2v) is 7.29. The summed E-state index contributed by atoms with van der Waals surface area (Å²) in [6.45, 7) is 1.61. The highest BCUT2D eigenvalue weighted by atomic mass is 35.5. The first kappa shape index (κ1) is 22.3. The number of hydrogen-bond donors (Lipinski definition) is 1. The molecule has 168 valence electrons. The van der Waals surface area contributed by atoms with Crippen molar-refractivity contribution in [3.05, 3.63) is 89.0 Å².